The molecule has 0 amide bonds. The summed E-state index contributed by atoms with van der Waals surface area (Å²) in [6.45, 7) is 12.6. The molecule has 1 heterocycles. The fourth-order valence-corrected chi connectivity index (χ4v) is 6.84. The van der Waals surface area contributed by atoms with E-state index < -0.39 is 0 Å². The molecule has 1 aromatic rings. The van der Waals surface area contributed by atoms with Gasteiger partial charge < -0.3 is 4.90 Å². The summed E-state index contributed by atoms with van der Waals surface area (Å²) in [5.41, 5.74) is 5.72. The van der Waals surface area contributed by atoms with Crippen LogP contribution in [0, 0.1) is 24.7 Å². The van der Waals surface area contributed by atoms with E-state index in [2.05, 4.69) is 58.7 Å². The molecule has 1 unspecified atom stereocenters. The lowest BCUT2D eigenvalue weighted by Crippen LogP contribution is -2.72. The van der Waals surface area contributed by atoms with Gasteiger partial charge in [-0.2, -0.15) is 0 Å². The van der Waals surface area contributed by atoms with Gasteiger partial charge >= 0.3 is 0 Å². The predicted molar refractivity (Wildman–Crippen MR) is 98.5 cm³/mol. The molecule has 1 aromatic carbocycles. The van der Waals surface area contributed by atoms with Crippen molar-refractivity contribution < 1.29 is 4.79 Å². The number of piperidine rings is 1. The van der Waals surface area contributed by atoms with Crippen LogP contribution in [0.5, 0.6) is 0 Å². The maximum Gasteiger partial charge on any atom is 0.139 e. The van der Waals surface area contributed by atoms with Gasteiger partial charge in [-0.15, -0.1) is 0 Å². The molecule has 0 spiro atoms. The zero-order valence-corrected chi connectivity index (χ0v) is 16.1. The minimum atomic E-state index is -0.284. The summed E-state index contributed by atoms with van der Waals surface area (Å²) in [7, 11) is 2.29. The highest BCUT2D eigenvalue weighted by atomic mass is 16.1. The number of hydrogen-bond donors (Lipinski definition) is 0. The fourth-order valence-electron chi connectivity index (χ4n) is 6.84. The van der Waals surface area contributed by atoms with Gasteiger partial charge in [-0.1, -0.05) is 32.9 Å². The normalized spacial score (nSPS) is 37.8. The smallest absolute Gasteiger partial charge is 0.139 e. The third-order valence-corrected chi connectivity index (χ3v) is 8.38. The number of aryl methyl sites for hydroxylation is 1. The van der Waals surface area contributed by atoms with Gasteiger partial charge in [0.1, 0.15) is 5.78 Å². The summed E-state index contributed by atoms with van der Waals surface area (Å²) in [5, 5.41) is 0. The van der Waals surface area contributed by atoms with E-state index in [0.717, 1.165) is 32.2 Å². The fraction of sp³-hybridized carbons (Fsp3) is 0.682. The third kappa shape index (κ3) is 1.59. The lowest BCUT2D eigenvalue weighted by Gasteiger charge is -2.69. The maximum atomic E-state index is 13.1. The van der Waals surface area contributed by atoms with Crippen molar-refractivity contribution in [1.82, 2.24) is 4.90 Å². The Hall–Kier alpha value is -1.15. The van der Waals surface area contributed by atoms with Gasteiger partial charge in [-0.05, 0) is 74.4 Å². The molecule has 0 radical (unpaired) electrons. The minimum Gasteiger partial charge on any atom is -0.302 e. The molecule has 1 aliphatic heterocycles. The van der Waals surface area contributed by atoms with Gasteiger partial charge in [0.05, 0.1) is 0 Å². The molecule has 4 rings (SSSR count). The van der Waals surface area contributed by atoms with Crippen LogP contribution >= 0.6 is 0 Å². The first-order valence-electron chi connectivity index (χ1n) is 9.50. The SMILES string of the molecule is Cc1ccc2c(c1C)[C@]13CCN(C)[C@H](C2)C1(C)CCC(=O)C3(C)C. The van der Waals surface area contributed by atoms with Gasteiger partial charge in [-0.25, -0.2) is 0 Å². The Balaban J connectivity index is 2.12. The Bertz CT molecular complexity index is 734. The van der Waals surface area contributed by atoms with Gasteiger partial charge in [0.25, 0.3) is 0 Å². The van der Waals surface area contributed by atoms with Crippen molar-refractivity contribution in [2.24, 2.45) is 10.8 Å². The van der Waals surface area contributed by atoms with Crippen LogP contribution in [0.1, 0.15) is 62.3 Å². The van der Waals surface area contributed by atoms with Crippen molar-refractivity contribution in [2.75, 3.05) is 13.6 Å². The van der Waals surface area contributed by atoms with Gasteiger partial charge in [0, 0.05) is 23.3 Å². The van der Waals surface area contributed by atoms with Crippen LogP contribution in [0.4, 0.5) is 0 Å². The quantitative estimate of drug-likeness (QED) is 0.712. The average Bonchev–Trinajstić information content (AvgIpc) is 2.51. The molecule has 24 heavy (non-hydrogen) atoms. The Morgan fingerprint density at radius 1 is 1.12 bits per heavy atom. The van der Waals surface area contributed by atoms with Crippen molar-refractivity contribution in [3.8, 4) is 0 Å². The van der Waals surface area contributed by atoms with Crippen molar-refractivity contribution in [1.29, 1.82) is 0 Å². The molecule has 0 N–H and O–H groups in total. The van der Waals surface area contributed by atoms with Gasteiger partial charge in [0.15, 0.2) is 0 Å². The molecule has 1 saturated carbocycles. The Morgan fingerprint density at radius 3 is 2.54 bits per heavy atom. The summed E-state index contributed by atoms with van der Waals surface area (Å²) < 4.78 is 0. The molecule has 3 atom stereocenters. The number of Topliss-reactive ketones (excluding diaryl/α,β-unsaturated/α-hetero) is 1. The topological polar surface area (TPSA) is 20.3 Å². The highest BCUT2D eigenvalue weighted by Crippen LogP contribution is 2.68. The summed E-state index contributed by atoms with van der Waals surface area (Å²) in [6, 6.07) is 5.18. The number of carbonyl (C=O) groups excluding carboxylic acids is 1. The first-order valence-corrected chi connectivity index (χ1v) is 9.50. The monoisotopic (exact) mass is 325 g/mol. The molecule has 3 aliphatic rings. The van der Waals surface area contributed by atoms with Crippen molar-refractivity contribution in [3.63, 3.8) is 0 Å². The lowest BCUT2D eigenvalue weighted by molar-refractivity contribution is -0.162. The van der Waals surface area contributed by atoms with Crippen molar-refractivity contribution in [3.05, 3.63) is 34.4 Å². The number of carbonyl (C=O) groups is 1. The average molecular weight is 325 g/mol. The van der Waals surface area contributed by atoms with E-state index in [0.29, 0.717) is 11.8 Å². The van der Waals surface area contributed by atoms with Gasteiger partial charge in [-0.3, -0.25) is 4.79 Å². The summed E-state index contributed by atoms with van der Waals surface area (Å²) in [5.74, 6) is 0.469. The van der Waals surface area contributed by atoms with Crippen molar-refractivity contribution in [2.45, 2.75) is 71.8 Å². The van der Waals surface area contributed by atoms with Crippen LogP contribution in [0.15, 0.2) is 12.1 Å². The Labute approximate surface area is 146 Å². The maximum absolute atomic E-state index is 13.1. The summed E-state index contributed by atoms with van der Waals surface area (Å²) >= 11 is 0. The standard InChI is InChI=1S/C22H31NO/c1-14-7-8-16-13-17-21(5)10-9-18(24)20(3,4)22(21,11-12-23(17)6)19(16)15(14)2/h7-8,17H,9-13H2,1-6H3/t17-,21?,22+/m1/s1. The van der Waals surface area contributed by atoms with Crippen LogP contribution in [-0.2, 0) is 16.6 Å². The number of ketones is 1. The van der Waals surface area contributed by atoms with E-state index >= 15 is 0 Å². The molecule has 1 saturated heterocycles. The van der Waals surface area contributed by atoms with Crippen LogP contribution in [0.25, 0.3) is 0 Å². The number of likely N-dealkylation sites (N-methyl/N-ethyl adjacent to an activating group) is 1. The van der Waals surface area contributed by atoms with Gasteiger partial charge in [0.2, 0.25) is 0 Å². The summed E-state index contributed by atoms with van der Waals surface area (Å²) in [4.78, 5) is 15.7. The van der Waals surface area contributed by atoms with Crippen LogP contribution < -0.4 is 0 Å². The number of nitrogens with zero attached hydrogens (tertiary/aromatic N) is 1. The molecular formula is C22H31NO. The second-order valence-corrected chi connectivity index (χ2v) is 9.36. The highest BCUT2D eigenvalue weighted by molar-refractivity contribution is 5.88. The number of hydrogen-bond acceptors (Lipinski definition) is 2. The third-order valence-electron chi connectivity index (χ3n) is 8.38. The highest BCUT2D eigenvalue weighted by Gasteiger charge is 2.69. The predicted octanol–water partition coefficient (Wildman–Crippen LogP) is 4.20. The molecular weight excluding hydrogens is 294 g/mol. The molecule has 2 fully saturated rings. The first kappa shape index (κ1) is 16.3. The van der Waals surface area contributed by atoms with E-state index in [1.54, 1.807) is 0 Å². The number of rotatable bonds is 0. The molecule has 2 aliphatic carbocycles. The second kappa shape index (κ2) is 4.72. The molecule has 130 valence electrons. The van der Waals surface area contributed by atoms with E-state index in [1.165, 1.54) is 22.3 Å². The molecule has 2 heteroatoms. The minimum absolute atomic E-state index is 0.0177. The van der Waals surface area contributed by atoms with Crippen LogP contribution in [0.2, 0.25) is 0 Å². The summed E-state index contributed by atoms with van der Waals surface area (Å²) in [6.07, 6.45) is 4.02. The lowest BCUT2D eigenvalue weighted by atomic mass is 9.37. The largest absolute Gasteiger partial charge is 0.302 e. The van der Waals surface area contributed by atoms with Crippen LogP contribution in [0.3, 0.4) is 0 Å². The second-order valence-electron chi connectivity index (χ2n) is 9.36. The zero-order valence-electron chi connectivity index (χ0n) is 16.1. The van der Waals surface area contributed by atoms with E-state index in [1.807, 2.05) is 0 Å². The molecule has 2 nitrogen and oxygen atoms in total. The molecule has 0 aromatic heterocycles. The molecule has 2 bridgehead atoms. The van der Waals surface area contributed by atoms with Crippen LogP contribution in [-0.4, -0.2) is 30.3 Å². The first-order chi connectivity index (χ1) is 11.2. The number of benzene rings is 1. The van der Waals surface area contributed by atoms with E-state index in [-0.39, 0.29) is 16.2 Å². The number of fused-ring (bicyclic) bond motifs is 1. The Kier molecular flexibility index (Phi) is 3.21. The zero-order chi connectivity index (χ0) is 17.5. The van der Waals surface area contributed by atoms with E-state index in [4.69, 9.17) is 0 Å². The van der Waals surface area contributed by atoms with Crippen molar-refractivity contribution >= 4 is 5.78 Å². The Morgan fingerprint density at radius 2 is 1.83 bits per heavy atom. The number of likely N-dealkylation sites (tertiary alicyclic amines) is 1. The van der Waals surface area contributed by atoms with E-state index in [9.17, 15) is 4.79 Å².